The normalized spacial score (nSPS) is 21.0. The van der Waals surface area contributed by atoms with Gasteiger partial charge in [0.1, 0.15) is 0 Å². The van der Waals surface area contributed by atoms with Crippen molar-refractivity contribution in [1.82, 2.24) is 5.32 Å². The average Bonchev–Trinajstić information content (AvgIpc) is 2.15. The molecule has 1 aliphatic heterocycles. The summed E-state index contributed by atoms with van der Waals surface area (Å²) in [5, 5.41) is 13.4. The molecule has 1 aliphatic rings. The smallest absolute Gasteiger partial charge is 0.0964 e. The van der Waals surface area contributed by atoms with Gasteiger partial charge < -0.3 is 10.4 Å². The molecule has 0 fully saturated rings. The van der Waals surface area contributed by atoms with E-state index in [1.54, 1.807) is 0 Å². The molecule has 1 rings (SSSR count). The van der Waals surface area contributed by atoms with E-state index in [9.17, 15) is 5.11 Å². The summed E-state index contributed by atoms with van der Waals surface area (Å²) in [4.78, 5) is 4.41. The fraction of sp³-hybridized carbons (Fsp3) is 0.917. The quantitative estimate of drug-likeness (QED) is 0.748. The highest BCUT2D eigenvalue weighted by Gasteiger charge is 2.22. The maximum absolute atomic E-state index is 10.1. The summed E-state index contributed by atoms with van der Waals surface area (Å²) < 4.78 is 0. The van der Waals surface area contributed by atoms with Gasteiger partial charge in [-0.1, -0.05) is 13.8 Å². The molecular weight excluding hydrogens is 188 g/mol. The topological polar surface area (TPSA) is 44.6 Å². The first kappa shape index (κ1) is 12.5. The number of nitrogens with zero attached hydrogens (tertiary/aromatic N) is 1. The Bertz CT molecular complexity index is 222. The molecule has 1 unspecified atom stereocenters. The van der Waals surface area contributed by atoms with Gasteiger partial charge in [0.15, 0.2) is 0 Å². The van der Waals surface area contributed by atoms with E-state index in [0.717, 1.165) is 25.2 Å². The fourth-order valence-electron chi connectivity index (χ4n) is 2.09. The van der Waals surface area contributed by atoms with E-state index in [4.69, 9.17) is 0 Å². The lowest BCUT2D eigenvalue weighted by Crippen LogP contribution is -2.42. The zero-order valence-electron chi connectivity index (χ0n) is 10.2. The van der Waals surface area contributed by atoms with Crippen LogP contribution in [-0.4, -0.2) is 29.6 Å². The summed E-state index contributed by atoms with van der Waals surface area (Å²) in [5.74, 6) is 1.60. The molecule has 0 bridgehead atoms. The van der Waals surface area contributed by atoms with Crippen LogP contribution in [0.2, 0.25) is 0 Å². The summed E-state index contributed by atoms with van der Waals surface area (Å²) in [5.41, 5.74) is -0.617. The summed E-state index contributed by atoms with van der Waals surface area (Å²) in [6.45, 7) is 7.71. The first-order chi connectivity index (χ1) is 6.99. The van der Waals surface area contributed by atoms with Crippen molar-refractivity contribution >= 4 is 5.84 Å². The minimum atomic E-state index is -0.617. The Hall–Kier alpha value is -0.570. The van der Waals surface area contributed by atoms with Crippen molar-refractivity contribution in [2.24, 2.45) is 10.9 Å². The second kappa shape index (κ2) is 5.50. The minimum absolute atomic E-state index is 0.523. The van der Waals surface area contributed by atoms with Gasteiger partial charge in [0.05, 0.1) is 11.4 Å². The number of amidine groups is 1. The predicted molar refractivity (Wildman–Crippen MR) is 64.2 cm³/mol. The molecule has 3 heteroatoms. The summed E-state index contributed by atoms with van der Waals surface area (Å²) >= 11 is 0. The van der Waals surface area contributed by atoms with E-state index in [-0.39, 0.29) is 0 Å². The molecular formula is C12H24N2O. The van der Waals surface area contributed by atoms with Crippen LogP contribution < -0.4 is 5.32 Å². The molecule has 0 saturated carbocycles. The third-order valence-electron chi connectivity index (χ3n) is 2.65. The van der Waals surface area contributed by atoms with Crippen LogP contribution in [0.15, 0.2) is 4.99 Å². The van der Waals surface area contributed by atoms with Crippen molar-refractivity contribution in [3.63, 3.8) is 0 Å². The monoisotopic (exact) mass is 212 g/mol. The van der Waals surface area contributed by atoms with Crippen molar-refractivity contribution in [2.75, 3.05) is 13.1 Å². The number of aliphatic hydroxyl groups is 1. The van der Waals surface area contributed by atoms with Gasteiger partial charge in [-0.15, -0.1) is 0 Å². The molecule has 0 spiro atoms. The molecule has 0 aliphatic carbocycles. The molecule has 2 N–H and O–H groups in total. The Kier molecular flexibility index (Phi) is 4.58. The van der Waals surface area contributed by atoms with Gasteiger partial charge >= 0.3 is 0 Å². The number of hydrogen-bond acceptors (Lipinski definition) is 3. The van der Waals surface area contributed by atoms with Crippen LogP contribution in [0.4, 0.5) is 0 Å². The molecule has 1 heterocycles. The molecule has 0 saturated heterocycles. The van der Waals surface area contributed by atoms with Crippen LogP contribution in [0.5, 0.6) is 0 Å². The number of nitrogens with one attached hydrogen (secondary N) is 1. The van der Waals surface area contributed by atoms with Gasteiger partial charge in [-0.3, -0.25) is 4.99 Å². The van der Waals surface area contributed by atoms with E-state index >= 15 is 0 Å². The van der Waals surface area contributed by atoms with Crippen molar-refractivity contribution in [1.29, 1.82) is 0 Å². The van der Waals surface area contributed by atoms with Crippen molar-refractivity contribution in [2.45, 2.75) is 52.1 Å². The molecule has 0 aromatic heterocycles. The van der Waals surface area contributed by atoms with Crippen LogP contribution in [0, 0.1) is 5.92 Å². The largest absolute Gasteiger partial charge is 0.388 e. The summed E-state index contributed by atoms with van der Waals surface area (Å²) in [7, 11) is 0. The van der Waals surface area contributed by atoms with Crippen molar-refractivity contribution in [3.8, 4) is 0 Å². The predicted octanol–water partition coefficient (Wildman–Crippen LogP) is 1.96. The fourth-order valence-corrected chi connectivity index (χ4v) is 2.09. The molecule has 0 aromatic carbocycles. The van der Waals surface area contributed by atoms with E-state index in [1.165, 1.54) is 12.8 Å². The molecule has 0 radical (unpaired) electrons. The summed E-state index contributed by atoms with van der Waals surface area (Å²) in [6, 6.07) is 0. The van der Waals surface area contributed by atoms with Gasteiger partial charge in [0.25, 0.3) is 0 Å². The van der Waals surface area contributed by atoms with E-state index in [1.807, 2.05) is 6.92 Å². The maximum atomic E-state index is 10.1. The lowest BCUT2D eigenvalue weighted by atomic mass is 9.94. The molecule has 1 atom stereocenters. The van der Waals surface area contributed by atoms with Gasteiger partial charge in [-0.05, 0) is 32.1 Å². The van der Waals surface area contributed by atoms with Crippen LogP contribution in [0.1, 0.15) is 46.5 Å². The zero-order valence-corrected chi connectivity index (χ0v) is 10.2. The van der Waals surface area contributed by atoms with E-state index < -0.39 is 5.60 Å². The maximum Gasteiger partial charge on any atom is 0.0964 e. The Morgan fingerprint density at radius 1 is 1.47 bits per heavy atom. The number of rotatable bonds is 4. The van der Waals surface area contributed by atoms with Gasteiger partial charge in [0, 0.05) is 19.5 Å². The van der Waals surface area contributed by atoms with Crippen LogP contribution in [-0.2, 0) is 0 Å². The molecule has 15 heavy (non-hydrogen) atoms. The van der Waals surface area contributed by atoms with E-state index in [2.05, 4.69) is 24.2 Å². The molecule has 3 nitrogen and oxygen atoms in total. The van der Waals surface area contributed by atoms with Crippen LogP contribution in [0.3, 0.4) is 0 Å². The lowest BCUT2D eigenvalue weighted by molar-refractivity contribution is 0.0428. The Morgan fingerprint density at radius 2 is 2.20 bits per heavy atom. The molecule has 0 amide bonds. The average molecular weight is 212 g/mol. The van der Waals surface area contributed by atoms with Crippen molar-refractivity contribution in [3.05, 3.63) is 0 Å². The Morgan fingerprint density at radius 3 is 2.73 bits per heavy atom. The second-order valence-corrected chi connectivity index (χ2v) is 5.23. The third kappa shape index (κ3) is 5.17. The Labute approximate surface area is 93.0 Å². The highest BCUT2D eigenvalue weighted by Crippen LogP contribution is 2.15. The van der Waals surface area contributed by atoms with Gasteiger partial charge in [0.2, 0.25) is 0 Å². The number of hydrogen-bond donors (Lipinski definition) is 2. The minimum Gasteiger partial charge on any atom is -0.388 e. The first-order valence-electron chi connectivity index (χ1n) is 5.99. The number of aliphatic imine (C=N–C) groups is 1. The molecule has 88 valence electrons. The SMILES string of the molecule is CC(C)CC(C)(O)CNC1=NCCCC1. The van der Waals surface area contributed by atoms with Gasteiger partial charge in [-0.2, -0.15) is 0 Å². The third-order valence-corrected chi connectivity index (χ3v) is 2.65. The lowest BCUT2D eigenvalue weighted by Gasteiger charge is -2.27. The van der Waals surface area contributed by atoms with Crippen LogP contribution in [0.25, 0.3) is 0 Å². The van der Waals surface area contributed by atoms with Crippen molar-refractivity contribution < 1.29 is 5.11 Å². The highest BCUT2D eigenvalue weighted by molar-refractivity contribution is 5.82. The Balaban J connectivity index is 2.31. The van der Waals surface area contributed by atoms with Gasteiger partial charge in [-0.25, -0.2) is 0 Å². The summed E-state index contributed by atoms with van der Waals surface area (Å²) in [6.07, 6.45) is 4.29. The first-order valence-corrected chi connectivity index (χ1v) is 5.99. The zero-order chi connectivity index (χ0) is 11.3. The standard InChI is InChI=1S/C12H24N2O/c1-10(2)8-12(3,15)9-14-11-6-4-5-7-13-11/h10,15H,4-9H2,1-3H3,(H,13,14). The van der Waals surface area contributed by atoms with E-state index in [0.29, 0.717) is 12.5 Å². The second-order valence-electron chi connectivity index (χ2n) is 5.23. The molecule has 0 aromatic rings. The highest BCUT2D eigenvalue weighted by atomic mass is 16.3. The van der Waals surface area contributed by atoms with Crippen LogP contribution >= 0.6 is 0 Å².